The molecule has 0 bridgehead atoms. The minimum Gasteiger partial charge on any atom is -0.360 e. The molecule has 24 heavy (non-hydrogen) atoms. The van der Waals surface area contributed by atoms with Crippen LogP contribution in [0.4, 0.5) is 13.2 Å². The maximum atomic E-state index is 12.2. The first-order valence-corrected chi connectivity index (χ1v) is 7.32. The Bertz CT molecular complexity index is 705. The molecule has 1 fully saturated rings. The van der Waals surface area contributed by atoms with E-state index >= 15 is 0 Å². The largest absolute Gasteiger partial charge is 0.492 e. The molecule has 0 spiro atoms. The summed E-state index contributed by atoms with van der Waals surface area (Å²) in [4.78, 5) is 15.2. The highest BCUT2D eigenvalue weighted by molar-refractivity contribution is 5.83. The van der Waals surface area contributed by atoms with Gasteiger partial charge in [-0.2, -0.15) is 13.2 Å². The van der Waals surface area contributed by atoms with Gasteiger partial charge in [0.2, 0.25) is 0 Å². The molecule has 0 atom stereocenters. The summed E-state index contributed by atoms with van der Waals surface area (Å²) >= 11 is 0. The first kappa shape index (κ1) is 16.3. The SMILES string of the molecule is O=C(ON1CC(=C(c2ccccc2)c2ccccc2)C1)C(F)(F)F. The van der Waals surface area contributed by atoms with E-state index in [9.17, 15) is 18.0 Å². The smallest absolute Gasteiger partial charge is 0.360 e. The fraction of sp³-hybridized carbons (Fsp3) is 0.167. The number of hydroxylamine groups is 2. The summed E-state index contributed by atoms with van der Waals surface area (Å²) in [6.45, 7) is 0.307. The Kier molecular flexibility index (Phi) is 4.40. The van der Waals surface area contributed by atoms with Crippen LogP contribution in [0.5, 0.6) is 0 Å². The third-order valence-electron chi connectivity index (χ3n) is 3.66. The minimum absolute atomic E-state index is 0.154. The van der Waals surface area contributed by atoms with Gasteiger partial charge in [-0.15, -0.1) is 5.06 Å². The zero-order valence-electron chi connectivity index (χ0n) is 12.6. The maximum absolute atomic E-state index is 12.2. The van der Waals surface area contributed by atoms with Crippen molar-refractivity contribution in [3.63, 3.8) is 0 Å². The summed E-state index contributed by atoms with van der Waals surface area (Å²) in [5.74, 6) is -2.19. The van der Waals surface area contributed by atoms with Gasteiger partial charge in [0.15, 0.2) is 0 Å². The molecule has 1 saturated heterocycles. The number of rotatable bonds is 3. The van der Waals surface area contributed by atoms with Crippen LogP contribution in [0.1, 0.15) is 11.1 Å². The molecule has 3 nitrogen and oxygen atoms in total. The molecule has 3 rings (SSSR count). The summed E-state index contributed by atoms with van der Waals surface area (Å²) in [6, 6.07) is 19.2. The Morgan fingerprint density at radius 1 is 0.875 bits per heavy atom. The fourth-order valence-corrected chi connectivity index (χ4v) is 2.56. The Morgan fingerprint density at radius 2 is 1.33 bits per heavy atom. The van der Waals surface area contributed by atoms with Gasteiger partial charge in [-0.1, -0.05) is 60.7 Å². The number of halogens is 3. The van der Waals surface area contributed by atoms with Crippen molar-refractivity contribution in [2.75, 3.05) is 13.1 Å². The molecular weight excluding hydrogens is 319 g/mol. The third kappa shape index (κ3) is 3.49. The Labute approximate surface area is 136 Å². The van der Waals surface area contributed by atoms with Gasteiger partial charge < -0.3 is 4.84 Å². The van der Waals surface area contributed by atoms with Gasteiger partial charge in [-0.05, 0) is 22.3 Å². The normalized spacial score (nSPS) is 14.9. The summed E-state index contributed by atoms with van der Waals surface area (Å²) in [5, 5.41) is 1.01. The lowest BCUT2D eigenvalue weighted by Gasteiger charge is -2.34. The van der Waals surface area contributed by atoms with Gasteiger partial charge in [-0.3, -0.25) is 0 Å². The van der Waals surface area contributed by atoms with Crippen LogP contribution in [0.3, 0.4) is 0 Å². The Morgan fingerprint density at radius 3 is 1.75 bits per heavy atom. The third-order valence-corrected chi connectivity index (χ3v) is 3.66. The van der Waals surface area contributed by atoms with Crippen molar-refractivity contribution in [2.45, 2.75) is 6.18 Å². The molecule has 2 aromatic rings. The second-order valence-electron chi connectivity index (χ2n) is 5.39. The summed E-state index contributed by atoms with van der Waals surface area (Å²) in [7, 11) is 0. The molecule has 6 heteroatoms. The van der Waals surface area contributed by atoms with E-state index in [0.717, 1.165) is 27.3 Å². The van der Waals surface area contributed by atoms with Crippen LogP contribution in [0, 0.1) is 0 Å². The van der Waals surface area contributed by atoms with Gasteiger partial charge in [0, 0.05) is 0 Å². The van der Waals surface area contributed by atoms with E-state index < -0.39 is 12.1 Å². The molecule has 1 heterocycles. The average molecular weight is 333 g/mol. The van der Waals surface area contributed by atoms with Crippen LogP contribution in [0.2, 0.25) is 0 Å². The fourth-order valence-electron chi connectivity index (χ4n) is 2.56. The van der Waals surface area contributed by atoms with Crippen LogP contribution in [0.25, 0.3) is 5.57 Å². The lowest BCUT2D eigenvalue weighted by Crippen LogP contribution is -2.45. The van der Waals surface area contributed by atoms with Crippen molar-refractivity contribution in [3.05, 3.63) is 77.4 Å². The van der Waals surface area contributed by atoms with Crippen molar-refractivity contribution in [2.24, 2.45) is 0 Å². The summed E-state index contributed by atoms with van der Waals surface area (Å²) < 4.78 is 36.7. The monoisotopic (exact) mass is 333 g/mol. The van der Waals surface area contributed by atoms with Crippen molar-refractivity contribution < 1.29 is 22.8 Å². The van der Waals surface area contributed by atoms with Crippen LogP contribution in [0.15, 0.2) is 66.2 Å². The van der Waals surface area contributed by atoms with Crippen molar-refractivity contribution in [1.82, 2.24) is 5.06 Å². The van der Waals surface area contributed by atoms with Gasteiger partial charge >= 0.3 is 12.1 Å². The first-order valence-electron chi connectivity index (χ1n) is 7.32. The number of hydrogen-bond acceptors (Lipinski definition) is 3. The Hall–Kier alpha value is -2.60. The molecular formula is C18H14F3NO2. The quantitative estimate of drug-likeness (QED) is 0.855. The van der Waals surface area contributed by atoms with Crippen LogP contribution < -0.4 is 0 Å². The van der Waals surface area contributed by atoms with Crippen molar-refractivity contribution in [3.8, 4) is 0 Å². The van der Waals surface area contributed by atoms with E-state index in [1.165, 1.54) is 0 Å². The summed E-state index contributed by atoms with van der Waals surface area (Å²) in [5.41, 5.74) is 3.82. The average Bonchev–Trinajstić information content (AvgIpc) is 2.53. The molecule has 0 aromatic heterocycles. The Balaban J connectivity index is 1.84. The molecule has 124 valence electrons. The second-order valence-corrected chi connectivity index (χ2v) is 5.39. The molecule has 0 N–H and O–H groups in total. The van der Waals surface area contributed by atoms with Gasteiger partial charge in [-0.25, -0.2) is 4.79 Å². The number of benzene rings is 2. The van der Waals surface area contributed by atoms with Crippen LogP contribution >= 0.6 is 0 Å². The maximum Gasteiger partial charge on any atom is 0.492 e. The predicted molar refractivity (Wildman–Crippen MR) is 82.6 cm³/mol. The summed E-state index contributed by atoms with van der Waals surface area (Å²) in [6.07, 6.45) is -4.98. The molecule has 1 aliphatic rings. The number of carbonyl (C=O) groups excluding carboxylic acids is 1. The molecule has 0 aliphatic carbocycles. The van der Waals surface area contributed by atoms with E-state index in [4.69, 9.17) is 0 Å². The molecule has 0 unspecified atom stereocenters. The van der Waals surface area contributed by atoms with Crippen LogP contribution in [-0.4, -0.2) is 30.3 Å². The molecule has 0 radical (unpaired) electrons. The molecule has 0 amide bonds. The number of hydrogen-bond donors (Lipinski definition) is 0. The van der Waals surface area contributed by atoms with E-state index in [1.54, 1.807) is 0 Å². The zero-order chi connectivity index (χ0) is 17.2. The molecule has 0 saturated carbocycles. The highest BCUT2D eigenvalue weighted by atomic mass is 19.4. The van der Waals surface area contributed by atoms with Gasteiger partial charge in [0.05, 0.1) is 13.1 Å². The highest BCUT2D eigenvalue weighted by Gasteiger charge is 2.44. The highest BCUT2D eigenvalue weighted by Crippen LogP contribution is 2.32. The van der Waals surface area contributed by atoms with Crippen LogP contribution in [-0.2, 0) is 9.63 Å². The van der Waals surface area contributed by atoms with Crippen molar-refractivity contribution >= 4 is 11.5 Å². The number of alkyl halides is 3. The lowest BCUT2D eigenvalue weighted by atomic mass is 9.90. The standard InChI is InChI=1S/C18H14F3NO2/c19-18(20,21)17(23)24-22-11-15(12-22)16(13-7-3-1-4-8-13)14-9-5-2-6-10-14/h1-10H,11-12H2. The zero-order valence-corrected chi connectivity index (χ0v) is 12.6. The van der Waals surface area contributed by atoms with Gasteiger partial charge in [0.25, 0.3) is 0 Å². The number of carbonyl (C=O) groups is 1. The molecule has 2 aromatic carbocycles. The lowest BCUT2D eigenvalue weighted by molar-refractivity contribution is -0.242. The minimum atomic E-state index is -4.98. The topological polar surface area (TPSA) is 29.5 Å². The molecule has 1 aliphatic heterocycles. The van der Waals surface area contributed by atoms with E-state index in [2.05, 4.69) is 4.84 Å². The predicted octanol–water partition coefficient (Wildman–Crippen LogP) is 3.82. The second kappa shape index (κ2) is 6.49. The first-order chi connectivity index (χ1) is 11.4. The van der Waals surface area contributed by atoms with Gasteiger partial charge in [0.1, 0.15) is 0 Å². The van der Waals surface area contributed by atoms with E-state index in [1.807, 2.05) is 60.7 Å². The number of nitrogens with zero attached hydrogens (tertiary/aromatic N) is 1. The van der Waals surface area contributed by atoms with E-state index in [-0.39, 0.29) is 13.1 Å². The van der Waals surface area contributed by atoms with E-state index in [0.29, 0.717) is 0 Å². The van der Waals surface area contributed by atoms with Crippen molar-refractivity contribution in [1.29, 1.82) is 0 Å².